The number of hydrogen-bond acceptors (Lipinski definition) is 2. The van der Waals surface area contributed by atoms with Gasteiger partial charge in [0.2, 0.25) is 0 Å². The molecule has 1 heterocycles. The number of hydrogen-bond donors (Lipinski definition) is 1. The molecule has 0 amide bonds. The average molecular weight is 295 g/mol. The van der Waals surface area contributed by atoms with Crippen molar-refractivity contribution in [3.63, 3.8) is 0 Å². The van der Waals surface area contributed by atoms with Gasteiger partial charge >= 0.3 is 0 Å². The molecule has 2 fully saturated rings. The van der Waals surface area contributed by atoms with Crippen LogP contribution in [0.5, 0.6) is 0 Å². The highest BCUT2D eigenvalue weighted by Gasteiger charge is 2.44. The van der Waals surface area contributed by atoms with E-state index in [0.717, 1.165) is 18.6 Å². The van der Waals surface area contributed by atoms with Crippen LogP contribution in [-0.2, 0) is 0 Å². The molecule has 2 nitrogen and oxygen atoms in total. The van der Waals surface area contributed by atoms with Gasteiger partial charge in [0.05, 0.1) is 0 Å². The molecule has 1 N–H and O–H groups in total. The molecule has 124 valence electrons. The van der Waals surface area contributed by atoms with Crippen LogP contribution in [0.2, 0.25) is 0 Å². The molecule has 2 atom stereocenters. The van der Waals surface area contributed by atoms with Gasteiger partial charge in [0.1, 0.15) is 0 Å². The molecule has 0 aromatic heterocycles. The maximum atomic E-state index is 3.82. The summed E-state index contributed by atoms with van der Waals surface area (Å²) in [5.41, 5.74) is 1.27. The molecule has 0 spiro atoms. The molecule has 1 aliphatic carbocycles. The Morgan fingerprint density at radius 3 is 2.05 bits per heavy atom. The molecule has 0 radical (unpaired) electrons. The lowest BCUT2D eigenvalue weighted by molar-refractivity contribution is -0.0278. The zero-order chi connectivity index (χ0) is 15.9. The molecule has 2 aliphatic rings. The molecule has 2 rings (SSSR count). The minimum atomic E-state index is 0.303. The monoisotopic (exact) mass is 294 g/mol. The van der Waals surface area contributed by atoms with Crippen LogP contribution in [-0.4, -0.2) is 35.6 Å². The quantitative estimate of drug-likeness (QED) is 0.827. The fourth-order valence-corrected chi connectivity index (χ4v) is 5.13. The lowest BCUT2D eigenvalue weighted by Gasteiger charge is -2.54. The average Bonchev–Trinajstić information content (AvgIpc) is 2.35. The highest BCUT2D eigenvalue weighted by Crippen LogP contribution is 2.48. The fourth-order valence-electron chi connectivity index (χ4n) is 5.13. The SMILES string of the molecule is CCC1CNC(C)(CC)CN1C1CC(C)(C)CC(C)(C)C1. The predicted octanol–water partition coefficient (Wildman–Crippen LogP) is 4.44. The fraction of sp³-hybridized carbons (Fsp3) is 1.00. The van der Waals surface area contributed by atoms with E-state index in [2.05, 4.69) is 58.7 Å². The summed E-state index contributed by atoms with van der Waals surface area (Å²) >= 11 is 0. The Labute approximate surface area is 133 Å². The Balaban J connectivity index is 2.19. The van der Waals surface area contributed by atoms with E-state index in [1.165, 1.54) is 38.6 Å². The third-order valence-corrected chi connectivity index (χ3v) is 6.02. The third kappa shape index (κ3) is 4.01. The van der Waals surface area contributed by atoms with Gasteiger partial charge in [0.15, 0.2) is 0 Å². The Morgan fingerprint density at radius 1 is 1.00 bits per heavy atom. The van der Waals surface area contributed by atoms with Crippen LogP contribution in [0.3, 0.4) is 0 Å². The first-order chi connectivity index (χ1) is 9.60. The van der Waals surface area contributed by atoms with E-state index in [9.17, 15) is 0 Å². The van der Waals surface area contributed by atoms with Crippen molar-refractivity contribution < 1.29 is 0 Å². The molecule has 21 heavy (non-hydrogen) atoms. The van der Waals surface area contributed by atoms with Crippen molar-refractivity contribution in [1.29, 1.82) is 0 Å². The lowest BCUT2D eigenvalue weighted by atomic mass is 9.63. The second-order valence-corrected chi connectivity index (χ2v) is 9.60. The van der Waals surface area contributed by atoms with E-state index in [0.29, 0.717) is 16.4 Å². The van der Waals surface area contributed by atoms with Gasteiger partial charge in [0.25, 0.3) is 0 Å². The Hall–Kier alpha value is -0.0800. The molecule has 1 saturated carbocycles. The smallest absolute Gasteiger partial charge is 0.0278 e. The van der Waals surface area contributed by atoms with Gasteiger partial charge in [0, 0.05) is 30.7 Å². The highest BCUT2D eigenvalue weighted by molar-refractivity contribution is 5.00. The molecular formula is C19H38N2. The summed E-state index contributed by atoms with van der Waals surface area (Å²) < 4.78 is 0. The van der Waals surface area contributed by atoms with Gasteiger partial charge in [-0.15, -0.1) is 0 Å². The van der Waals surface area contributed by atoms with Crippen LogP contribution < -0.4 is 5.32 Å². The molecule has 0 aromatic carbocycles. The summed E-state index contributed by atoms with van der Waals surface area (Å²) in [5.74, 6) is 0. The van der Waals surface area contributed by atoms with Crippen LogP contribution in [0.1, 0.15) is 80.6 Å². The number of nitrogens with zero attached hydrogens (tertiary/aromatic N) is 1. The standard InChI is InChI=1S/C19H38N2/c1-8-15-12-20-19(7,9-2)14-21(15)16-10-17(3,4)13-18(5,6)11-16/h15-16,20H,8-14H2,1-7H3. The third-order valence-electron chi connectivity index (χ3n) is 6.02. The van der Waals surface area contributed by atoms with E-state index in [-0.39, 0.29) is 0 Å². The van der Waals surface area contributed by atoms with Crippen LogP contribution in [0.15, 0.2) is 0 Å². The van der Waals surface area contributed by atoms with Crippen LogP contribution >= 0.6 is 0 Å². The predicted molar refractivity (Wildman–Crippen MR) is 92.7 cm³/mol. The minimum Gasteiger partial charge on any atom is -0.309 e. The normalized spacial score (nSPS) is 37.6. The Bertz CT molecular complexity index is 345. The second kappa shape index (κ2) is 5.85. The molecule has 1 aliphatic heterocycles. The largest absolute Gasteiger partial charge is 0.309 e. The van der Waals surface area contributed by atoms with Crippen molar-refractivity contribution in [2.45, 2.75) is 98.2 Å². The van der Waals surface area contributed by atoms with E-state index >= 15 is 0 Å². The maximum Gasteiger partial charge on any atom is 0.0278 e. The molecule has 0 bridgehead atoms. The first kappa shape index (κ1) is 17.3. The maximum absolute atomic E-state index is 3.82. The number of nitrogens with one attached hydrogen (secondary N) is 1. The summed E-state index contributed by atoms with van der Waals surface area (Å²) in [6.07, 6.45) is 6.59. The van der Waals surface area contributed by atoms with Gasteiger partial charge in [-0.05, 0) is 49.9 Å². The van der Waals surface area contributed by atoms with Crippen molar-refractivity contribution >= 4 is 0 Å². The van der Waals surface area contributed by atoms with Crippen molar-refractivity contribution in [3.05, 3.63) is 0 Å². The first-order valence-electron chi connectivity index (χ1n) is 9.10. The second-order valence-electron chi connectivity index (χ2n) is 9.60. The van der Waals surface area contributed by atoms with E-state index < -0.39 is 0 Å². The van der Waals surface area contributed by atoms with Crippen molar-refractivity contribution in [1.82, 2.24) is 10.2 Å². The molecule has 1 saturated heterocycles. The first-order valence-corrected chi connectivity index (χ1v) is 9.10. The molecule has 2 unspecified atom stereocenters. The molecular weight excluding hydrogens is 256 g/mol. The summed E-state index contributed by atoms with van der Waals surface area (Å²) in [6.45, 7) is 19.4. The molecule has 0 aromatic rings. The number of piperazine rings is 1. The molecule has 2 heteroatoms. The highest BCUT2D eigenvalue weighted by atomic mass is 15.3. The summed E-state index contributed by atoms with van der Waals surface area (Å²) in [4.78, 5) is 2.88. The summed E-state index contributed by atoms with van der Waals surface area (Å²) in [5, 5.41) is 3.82. The van der Waals surface area contributed by atoms with Crippen molar-refractivity contribution in [2.75, 3.05) is 13.1 Å². The summed E-state index contributed by atoms with van der Waals surface area (Å²) in [6, 6.07) is 1.49. The van der Waals surface area contributed by atoms with Crippen molar-refractivity contribution in [2.24, 2.45) is 10.8 Å². The van der Waals surface area contributed by atoms with Gasteiger partial charge in [-0.3, -0.25) is 4.90 Å². The van der Waals surface area contributed by atoms with Crippen LogP contribution in [0.4, 0.5) is 0 Å². The number of rotatable bonds is 3. The zero-order valence-corrected chi connectivity index (χ0v) is 15.6. The van der Waals surface area contributed by atoms with Gasteiger partial charge in [-0.2, -0.15) is 0 Å². The Kier molecular flexibility index (Phi) is 4.81. The zero-order valence-electron chi connectivity index (χ0n) is 15.6. The summed E-state index contributed by atoms with van der Waals surface area (Å²) in [7, 11) is 0. The van der Waals surface area contributed by atoms with E-state index in [4.69, 9.17) is 0 Å². The van der Waals surface area contributed by atoms with E-state index in [1.807, 2.05) is 0 Å². The van der Waals surface area contributed by atoms with Crippen LogP contribution in [0.25, 0.3) is 0 Å². The van der Waals surface area contributed by atoms with Gasteiger partial charge in [-0.1, -0.05) is 41.5 Å². The van der Waals surface area contributed by atoms with E-state index in [1.54, 1.807) is 0 Å². The lowest BCUT2D eigenvalue weighted by Crippen LogP contribution is -2.65. The topological polar surface area (TPSA) is 15.3 Å². The van der Waals surface area contributed by atoms with Gasteiger partial charge < -0.3 is 5.32 Å². The minimum absolute atomic E-state index is 0.303. The van der Waals surface area contributed by atoms with Gasteiger partial charge in [-0.25, -0.2) is 0 Å². The van der Waals surface area contributed by atoms with Crippen molar-refractivity contribution in [3.8, 4) is 0 Å². The Morgan fingerprint density at radius 2 is 1.57 bits per heavy atom. The van der Waals surface area contributed by atoms with Crippen LogP contribution in [0, 0.1) is 10.8 Å².